The van der Waals surface area contributed by atoms with Crippen LogP contribution in [-0.2, 0) is 9.47 Å². The largest absolute Gasteiger partial charge is 0.355 e. The van der Waals surface area contributed by atoms with Crippen LogP contribution in [0.4, 0.5) is 0 Å². The summed E-state index contributed by atoms with van der Waals surface area (Å²) in [6.07, 6.45) is 6.42. The maximum Gasteiger partial charge on any atom is 0.147 e. The second-order valence-corrected chi connectivity index (χ2v) is 2.90. The van der Waals surface area contributed by atoms with Gasteiger partial charge in [-0.05, 0) is 13.3 Å². The minimum Gasteiger partial charge on any atom is -0.355 e. The van der Waals surface area contributed by atoms with E-state index in [0.717, 1.165) is 19.6 Å². The maximum absolute atomic E-state index is 5.32. The second-order valence-electron chi connectivity index (χ2n) is 2.90. The average Bonchev–Trinajstić information content (AvgIpc) is 2.16. The summed E-state index contributed by atoms with van der Waals surface area (Å²) in [5.74, 6) is 2.61. The molecule has 12 heavy (non-hydrogen) atoms. The fourth-order valence-corrected chi connectivity index (χ4v) is 1.03. The van der Waals surface area contributed by atoms with Crippen molar-refractivity contribution >= 4 is 0 Å². The minimum atomic E-state index is 0.122. The second kappa shape index (κ2) is 5.15. The molecule has 3 heteroatoms. The van der Waals surface area contributed by atoms with Crippen molar-refractivity contribution in [1.29, 1.82) is 0 Å². The Balaban J connectivity index is 2.10. The molecule has 0 aromatic heterocycles. The molecule has 0 aromatic carbocycles. The van der Waals surface area contributed by atoms with Crippen LogP contribution in [0.3, 0.4) is 0 Å². The third kappa shape index (κ3) is 3.22. The minimum absolute atomic E-state index is 0.122. The zero-order valence-electron chi connectivity index (χ0n) is 7.38. The Morgan fingerprint density at radius 1 is 1.75 bits per heavy atom. The van der Waals surface area contributed by atoms with Crippen LogP contribution in [0.15, 0.2) is 0 Å². The first-order chi connectivity index (χ1) is 5.83. The summed E-state index contributed by atoms with van der Waals surface area (Å²) in [6.45, 7) is 3.97. The third-order valence-electron chi connectivity index (χ3n) is 1.87. The maximum atomic E-state index is 5.32. The van der Waals surface area contributed by atoms with Crippen LogP contribution < -0.4 is 5.32 Å². The lowest BCUT2D eigenvalue weighted by molar-refractivity contribution is -0.137. The number of nitrogens with one attached hydrogen (secondary N) is 1. The van der Waals surface area contributed by atoms with Gasteiger partial charge in [0.15, 0.2) is 0 Å². The number of ether oxygens (including phenoxy) is 2. The quantitative estimate of drug-likeness (QED) is 0.619. The van der Waals surface area contributed by atoms with Gasteiger partial charge in [-0.25, -0.2) is 0 Å². The van der Waals surface area contributed by atoms with Crippen molar-refractivity contribution in [3.8, 4) is 12.3 Å². The average molecular weight is 169 g/mol. The Morgan fingerprint density at radius 2 is 2.58 bits per heavy atom. The molecule has 0 aromatic rings. The van der Waals surface area contributed by atoms with Crippen LogP contribution in [0.25, 0.3) is 0 Å². The van der Waals surface area contributed by atoms with Gasteiger partial charge in [-0.15, -0.1) is 6.42 Å². The zero-order chi connectivity index (χ0) is 8.81. The molecule has 1 saturated heterocycles. The molecule has 0 aliphatic carbocycles. The van der Waals surface area contributed by atoms with Gasteiger partial charge >= 0.3 is 0 Å². The van der Waals surface area contributed by atoms with Gasteiger partial charge in [-0.1, -0.05) is 5.92 Å². The summed E-state index contributed by atoms with van der Waals surface area (Å²) in [5.41, 5.74) is 0. The summed E-state index contributed by atoms with van der Waals surface area (Å²) in [4.78, 5) is 0. The van der Waals surface area contributed by atoms with Crippen molar-refractivity contribution in [2.45, 2.75) is 25.5 Å². The molecular weight excluding hydrogens is 154 g/mol. The number of rotatable bonds is 3. The van der Waals surface area contributed by atoms with Gasteiger partial charge in [-0.2, -0.15) is 0 Å². The van der Waals surface area contributed by atoms with E-state index >= 15 is 0 Å². The fourth-order valence-electron chi connectivity index (χ4n) is 1.03. The lowest BCUT2D eigenvalue weighted by Gasteiger charge is -2.23. The molecule has 0 bridgehead atoms. The van der Waals surface area contributed by atoms with E-state index in [1.165, 1.54) is 0 Å². The monoisotopic (exact) mass is 169 g/mol. The van der Waals surface area contributed by atoms with Crippen LogP contribution >= 0.6 is 0 Å². The molecule has 1 fully saturated rings. The van der Waals surface area contributed by atoms with E-state index in [-0.39, 0.29) is 12.1 Å². The topological polar surface area (TPSA) is 30.5 Å². The number of hydrogen-bond acceptors (Lipinski definition) is 3. The van der Waals surface area contributed by atoms with E-state index < -0.39 is 0 Å². The highest BCUT2D eigenvalue weighted by molar-refractivity contribution is 4.95. The van der Waals surface area contributed by atoms with E-state index in [4.69, 9.17) is 15.9 Å². The first-order valence-corrected chi connectivity index (χ1v) is 4.22. The fraction of sp³-hybridized carbons (Fsp3) is 0.778. The SMILES string of the molecule is C#CC(C)NCC1CCOCO1. The number of terminal acetylenes is 1. The van der Waals surface area contributed by atoms with E-state index in [0.29, 0.717) is 6.79 Å². The smallest absolute Gasteiger partial charge is 0.147 e. The molecule has 3 nitrogen and oxygen atoms in total. The Morgan fingerprint density at radius 3 is 3.17 bits per heavy atom. The predicted octanol–water partition coefficient (Wildman–Crippen LogP) is 0.361. The summed E-state index contributed by atoms with van der Waals surface area (Å²) in [6, 6.07) is 0.122. The van der Waals surface area contributed by atoms with Gasteiger partial charge < -0.3 is 14.8 Å². The van der Waals surface area contributed by atoms with Crippen molar-refractivity contribution in [3.63, 3.8) is 0 Å². The summed E-state index contributed by atoms with van der Waals surface area (Å²) < 4.78 is 10.4. The van der Waals surface area contributed by atoms with Crippen LogP contribution in [0, 0.1) is 12.3 Å². The van der Waals surface area contributed by atoms with Crippen LogP contribution in [0.1, 0.15) is 13.3 Å². The first-order valence-electron chi connectivity index (χ1n) is 4.22. The standard InChI is InChI=1S/C9H15NO2/c1-3-8(2)10-6-9-4-5-11-7-12-9/h1,8-10H,4-7H2,2H3. The normalized spacial score (nSPS) is 26.2. The molecule has 0 saturated carbocycles. The third-order valence-corrected chi connectivity index (χ3v) is 1.87. The van der Waals surface area contributed by atoms with Crippen LogP contribution in [-0.4, -0.2) is 32.1 Å². The van der Waals surface area contributed by atoms with E-state index in [1.54, 1.807) is 0 Å². The Hall–Kier alpha value is -0.560. The highest BCUT2D eigenvalue weighted by Gasteiger charge is 2.13. The summed E-state index contributed by atoms with van der Waals surface area (Å²) in [7, 11) is 0. The Labute approximate surface area is 73.4 Å². The van der Waals surface area contributed by atoms with E-state index in [9.17, 15) is 0 Å². The first kappa shape index (κ1) is 9.53. The van der Waals surface area contributed by atoms with E-state index in [1.807, 2.05) is 6.92 Å². The molecule has 0 spiro atoms. The molecule has 1 aliphatic rings. The van der Waals surface area contributed by atoms with Crippen molar-refractivity contribution < 1.29 is 9.47 Å². The Kier molecular flexibility index (Phi) is 4.09. The van der Waals surface area contributed by atoms with Crippen molar-refractivity contribution in [2.24, 2.45) is 0 Å². The van der Waals surface area contributed by atoms with Gasteiger partial charge in [0.25, 0.3) is 0 Å². The Bertz CT molecular complexity index is 158. The highest BCUT2D eigenvalue weighted by atomic mass is 16.7. The van der Waals surface area contributed by atoms with Gasteiger partial charge in [-0.3, -0.25) is 0 Å². The molecule has 1 N–H and O–H groups in total. The molecule has 0 radical (unpaired) electrons. The molecular formula is C9H15NO2. The zero-order valence-corrected chi connectivity index (χ0v) is 7.38. The highest BCUT2D eigenvalue weighted by Crippen LogP contribution is 2.04. The molecule has 2 atom stereocenters. The van der Waals surface area contributed by atoms with Crippen molar-refractivity contribution in [3.05, 3.63) is 0 Å². The van der Waals surface area contributed by atoms with Gasteiger partial charge in [0.05, 0.1) is 18.8 Å². The lowest BCUT2D eigenvalue weighted by Crippen LogP contribution is -2.37. The van der Waals surface area contributed by atoms with Crippen molar-refractivity contribution in [2.75, 3.05) is 19.9 Å². The molecule has 1 rings (SSSR count). The molecule has 68 valence electrons. The van der Waals surface area contributed by atoms with Crippen molar-refractivity contribution in [1.82, 2.24) is 5.32 Å². The summed E-state index contributed by atoms with van der Waals surface area (Å²) >= 11 is 0. The van der Waals surface area contributed by atoms with E-state index in [2.05, 4.69) is 11.2 Å². The molecule has 1 heterocycles. The van der Waals surface area contributed by atoms with Gasteiger partial charge in [0.1, 0.15) is 6.79 Å². The summed E-state index contributed by atoms with van der Waals surface area (Å²) in [5, 5.41) is 3.19. The van der Waals surface area contributed by atoms with Crippen LogP contribution in [0.2, 0.25) is 0 Å². The molecule has 1 aliphatic heterocycles. The van der Waals surface area contributed by atoms with Gasteiger partial charge in [0.2, 0.25) is 0 Å². The predicted molar refractivity (Wildman–Crippen MR) is 46.6 cm³/mol. The lowest BCUT2D eigenvalue weighted by atomic mass is 10.2. The molecule has 0 amide bonds. The number of hydrogen-bond donors (Lipinski definition) is 1. The molecule has 2 unspecified atom stereocenters. The van der Waals surface area contributed by atoms with Gasteiger partial charge in [0, 0.05) is 6.54 Å². The van der Waals surface area contributed by atoms with Crippen LogP contribution in [0.5, 0.6) is 0 Å².